The van der Waals surface area contributed by atoms with Gasteiger partial charge in [-0.15, -0.1) is 21.5 Å². The largest absolute Gasteiger partial charge is 0.459 e. The summed E-state index contributed by atoms with van der Waals surface area (Å²) >= 11 is 4.60. The molecule has 0 saturated carbocycles. The summed E-state index contributed by atoms with van der Waals surface area (Å²) in [5.41, 5.74) is 0. The number of piperazine rings is 1. The Bertz CT molecular complexity index is 950. The first-order valence-electron chi connectivity index (χ1n) is 9.52. The normalized spacial score (nSPS) is 14.1. The molecule has 30 heavy (non-hydrogen) atoms. The van der Waals surface area contributed by atoms with E-state index in [-0.39, 0.29) is 11.8 Å². The molecular formula is C19H21N5O3S3. The highest BCUT2D eigenvalue weighted by Crippen LogP contribution is 2.26. The van der Waals surface area contributed by atoms with Crippen molar-refractivity contribution in [3.63, 3.8) is 0 Å². The van der Waals surface area contributed by atoms with Crippen LogP contribution in [0.15, 0.2) is 44.7 Å². The van der Waals surface area contributed by atoms with Crippen LogP contribution >= 0.6 is 34.4 Å². The third kappa shape index (κ3) is 5.41. The van der Waals surface area contributed by atoms with Gasteiger partial charge in [0.2, 0.25) is 11.0 Å². The van der Waals surface area contributed by atoms with Gasteiger partial charge in [0.25, 0.3) is 5.91 Å². The number of nitrogens with one attached hydrogen (secondary N) is 1. The van der Waals surface area contributed by atoms with E-state index in [4.69, 9.17) is 4.42 Å². The van der Waals surface area contributed by atoms with Crippen molar-refractivity contribution in [2.24, 2.45) is 0 Å². The van der Waals surface area contributed by atoms with Gasteiger partial charge in [0.15, 0.2) is 10.1 Å². The van der Waals surface area contributed by atoms with Gasteiger partial charge in [-0.3, -0.25) is 9.59 Å². The quantitative estimate of drug-likeness (QED) is 0.514. The van der Waals surface area contributed by atoms with Crippen LogP contribution in [0.3, 0.4) is 0 Å². The molecular weight excluding hydrogens is 442 g/mol. The molecule has 0 radical (unpaired) electrons. The molecule has 0 unspecified atom stereocenters. The number of aromatic nitrogens is 2. The smallest absolute Gasteiger partial charge is 0.289 e. The Balaban J connectivity index is 1.17. The van der Waals surface area contributed by atoms with Crippen molar-refractivity contribution >= 4 is 51.4 Å². The maximum Gasteiger partial charge on any atom is 0.289 e. The van der Waals surface area contributed by atoms with E-state index in [9.17, 15) is 9.59 Å². The van der Waals surface area contributed by atoms with E-state index in [1.165, 1.54) is 34.2 Å². The monoisotopic (exact) mass is 463 g/mol. The predicted octanol–water partition coefficient (Wildman–Crippen LogP) is 2.92. The number of nitrogens with zero attached hydrogens (tertiary/aromatic N) is 4. The molecule has 0 spiro atoms. The van der Waals surface area contributed by atoms with E-state index in [1.54, 1.807) is 33.3 Å². The van der Waals surface area contributed by atoms with E-state index >= 15 is 0 Å². The van der Waals surface area contributed by atoms with E-state index in [0.717, 1.165) is 22.4 Å². The van der Waals surface area contributed by atoms with E-state index in [0.29, 0.717) is 37.7 Å². The third-order valence-corrected chi connectivity index (χ3v) is 7.54. The topological polar surface area (TPSA) is 91.6 Å². The molecule has 4 rings (SSSR count). The highest BCUT2D eigenvalue weighted by atomic mass is 32.2. The Hall–Kier alpha value is -2.37. The number of thiophene rings is 1. The molecule has 1 aliphatic heterocycles. The van der Waals surface area contributed by atoms with Crippen LogP contribution in [-0.2, 0) is 11.2 Å². The van der Waals surface area contributed by atoms with Gasteiger partial charge in [0.05, 0.1) is 12.0 Å². The maximum absolute atomic E-state index is 12.5. The molecule has 8 nitrogen and oxygen atoms in total. The Morgan fingerprint density at radius 3 is 2.70 bits per heavy atom. The lowest BCUT2D eigenvalue weighted by atomic mass is 10.3. The summed E-state index contributed by atoms with van der Waals surface area (Å²) < 4.78 is 5.94. The summed E-state index contributed by atoms with van der Waals surface area (Å²) in [6.45, 7) is 2.87. The molecule has 0 aromatic carbocycles. The fourth-order valence-electron chi connectivity index (χ4n) is 3.02. The van der Waals surface area contributed by atoms with Crippen LogP contribution in [0.25, 0.3) is 0 Å². The zero-order valence-corrected chi connectivity index (χ0v) is 18.6. The summed E-state index contributed by atoms with van der Waals surface area (Å²) in [5, 5.41) is 14.4. The highest BCUT2D eigenvalue weighted by molar-refractivity contribution is 8.01. The first-order chi connectivity index (χ1) is 14.7. The maximum atomic E-state index is 12.5. The molecule has 1 N–H and O–H groups in total. The minimum Gasteiger partial charge on any atom is -0.459 e. The number of carbonyl (C=O) groups is 2. The van der Waals surface area contributed by atoms with Gasteiger partial charge in [0.1, 0.15) is 0 Å². The van der Waals surface area contributed by atoms with E-state index < -0.39 is 0 Å². The van der Waals surface area contributed by atoms with Gasteiger partial charge in [-0.25, -0.2) is 0 Å². The highest BCUT2D eigenvalue weighted by Gasteiger charge is 2.26. The van der Waals surface area contributed by atoms with Crippen molar-refractivity contribution in [3.05, 3.63) is 46.5 Å². The first kappa shape index (κ1) is 20.9. The Morgan fingerprint density at radius 2 is 1.97 bits per heavy atom. The van der Waals surface area contributed by atoms with Crippen molar-refractivity contribution < 1.29 is 14.0 Å². The van der Waals surface area contributed by atoms with Crippen molar-refractivity contribution in [3.8, 4) is 0 Å². The number of anilines is 1. The van der Waals surface area contributed by atoms with Gasteiger partial charge < -0.3 is 19.5 Å². The standard InChI is InChI=1S/C19H21N5O3S3/c25-16(23-7-9-24(10-8-23)17(26)15-4-1-11-27-15)13-29-19-22-21-18(30-19)20-6-5-14-3-2-12-28-14/h1-4,11-12H,5-10,13H2,(H,20,21). The van der Waals surface area contributed by atoms with Crippen LogP contribution < -0.4 is 5.32 Å². The molecule has 158 valence electrons. The molecule has 0 aliphatic carbocycles. The summed E-state index contributed by atoms with van der Waals surface area (Å²) in [4.78, 5) is 29.6. The van der Waals surface area contributed by atoms with Crippen LogP contribution in [0.2, 0.25) is 0 Å². The van der Waals surface area contributed by atoms with Gasteiger partial charge in [0, 0.05) is 37.6 Å². The predicted molar refractivity (Wildman–Crippen MR) is 118 cm³/mol. The lowest BCUT2D eigenvalue weighted by Gasteiger charge is -2.34. The van der Waals surface area contributed by atoms with Gasteiger partial charge in [-0.05, 0) is 30.0 Å². The van der Waals surface area contributed by atoms with Crippen LogP contribution in [0.5, 0.6) is 0 Å². The molecule has 3 aromatic rings. The molecule has 1 fully saturated rings. The lowest BCUT2D eigenvalue weighted by molar-refractivity contribution is -0.129. The van der Waals surface area contributed by atoms with Gasteiger partial charge >= 0.3 is 0 Å². The fraction of sp³-hybridized carbons (Fsp3) is 0.368. The zero-order chi connectivity index (χ0) is 20.8. The Labute approximate surface area is 186 Å². The Morgan fingerprint density at radius 1 is 1.13 bits per heavy atom. The molecule has 4 heterocycles. The molecule has 0 bridgehead atoms. The first-order valence-corrected chi connectivity index (χ1v) is 12.2. The zero-order valence-electron chi connectivity index (χ0n) is 16.2. The van der Waals surface area contributed by atoms with Gasteiger partial charge in [-0.2, -0.15) is 0 Å². The van der Waals surface area contributed by atoms with Crippen LogP contribution in [-0.4, -0.2) is 70.3 Å². The molecule has 1 saturated heterocycles. The molecule has 11 heteroatoms. The van der Waals surface area contributed by atoms with Crippen LogP contribution in [0, 0.1) is 0 Å². The van der Waals surface area contributed by atoms with Gasteiger partial charge in [-0.1, -0.05) is 29.2 Å². The lowest BCUT2D eigenvalue weighted by Crippen LogP contribution is -2.51. The number of rotatable bonds is 8. The number of amides is 2. The third-order valence-electron chi connectivity index (χ3n) is 4.60. The number of hydrogen-bond acceptors (Lipinski definition) is 9. The second-order valence-electron chi connectivity index (χ2n) is 6.57. The summed E-state index contributed by atoms with van der Waals surface area (Å²) in [6, 6.07) is 7.52. The molecule has 2 amide bonds. The Kier molecular flexibility index (Phi) is 7.03. The van der Waals surface area contributed by atoms with Crippen molar-refractivity contribution in [1.29, 1.82) is 0 Å². The summed E-state index contributed by atoms with van der Waals surface area (Å²) in [7, 11) is 0. The molecule has 0 atom stereocenters. The molecule has 1 aliphatic rings. The van der Waals surface area contributed by atoms with Crippen molar-refractivity contribution in [2.75, 3.05) is 43.8 Å². The average Bonchev–Trinajstić information content (AvgIpc) is 3.55. The second kappa shape index (κ2) is 10.1. The van der Waals surface area contributed by atoms with Crippen molar-refractivity contribution in [1.82, 2.24) is 20.0 Å². The average molecular weight is 464 g/mol. The number of carbonyl (C=O) groups excluding carboxylic acids is 2. The minimum absolute atomic E-state index is 0.0486. The second-order valence-corrected chi connectivity index (χ2v) is 9.80. The number of hydrogen-bond donors (Lipinski definition) is 1. The van der Waals surface area contributed by atoms with E-state index in [1.807, 2.05) is 6.07 Å². The number of furan rings is 1. The summed E-state index contributed by atoms with van der Waals surface area (Å²) in [6.07, 6.45) is 2.44. The SMILES string of the molecule is O=C(CSc1nnc(NCCc2cccs2)s1)N1CCN(C(=O)c2ccco2)CC1. The number of thioether (sulfide) groups is 1. The fourth-order valence-corrected chi connectivity index (χ4v) is 5.41. The van der Waals surface area contributed by atoms with Crippen molar-refractivity contribution in [2.45, 2.75) is 10.8 Å². The molecule has 3 aromatic heterocycles. The minimum atomic E-state index is -0.130. The van der Waals surface area contributed by atoms with Crippen LogP contribution in [0.4, 0.5) is 5.13 Å². The van der Waals surface area contributed by atoms with Crippen LogP contribution in [0.1, 0.15) is 15.4 Å². The summed E-state index contributed by atoms with van der Waals surface area (Å²) in [5.74, 6) is 0.569. The van der Waals surface area contributed by atoms with E-state index in [2.05, 4.69) is 27.0 Å².